The van der Waals surface area contributed by atoms with Crippen molar-refractivity contribution in [3.63, 3.8) is 0 Å². The molecule has 3 aliphatic rings. The molecule has 2 atom stereocenters. The summed E-state index contributed by atoms with van der Waals surface area (Å²) in [7, 11) is 0. The summed E-state index contributed by atoms with van der Waals surface area (Å²) in [4.78, 5) is 24.1. The first-order valence-corrected chi connectivity index (χ1v) is 9.71. The Balaban J connectivity index is 1.52. The standard InChI is InChI=1S/C19H20F3N5O/c1-2-17-23-9-12-13(24-17)7-11-5-6-14(12)26(11)18(28)15-8-16(19(20,21)22)25-27(15)10-3-4-10/h8-11,14H,2-7H2,1H3. The van der Waals surface area contributed by atoms with Crippen LogP contribution in [0.25, 0.3) is 0 Å². The molecule has 4 heterocycles. The van der Waals surface area contributed by atoms with Crippen LogP contribution >= 0.6 is 0 Å². The third kappa shape index (κ3) is 2.70. The minimum absolute atomic E-state index is 0.0403. The van der Waals surface area contributed by atoms with Gasteiger partial charge in [-0.15, -0.1) is 0 Å². The maximum atomic E-state index is 13.3. The third-order valence-electron chi connectivity index (χ3n) is 5.93. The van der Waals surface area contributed by atoms with Crippen molar-refractivity contribution < 1.29 is 18.0 Å². The van der Waals surface area contributed by atoms with E-state index in [1.54, 1.807) is 11.1 Å². The largest absolute Gasteiger partial charge is 0.435 e. The molecule has 1 saturated heterocycles. The van der Waals surface area contributed by atoms with Gasteiger partial charge in [0.15, 0.2) is 5.69 Å². The highest BCUT2D eigenvalue weighted by molar-refractivity contribution is 5.94. The molecule has 0 radical (unpaired) electrons. The van der Waals surface area contributed by atoms with Crippen LogP contribution in [0.5, 0.6) is 0 Å². The van der Waals surface area contributed by atoms with Crippen LogP contribution in [0.4, 0.5) is 13.2 Å². The lowest BCUT2D eigenvalue weighted by Gasteiger charge is -2.35. The average Bonchev–Trinajstić information content (AvgIpc) is 3.32. The Morgan fingerprint density at radius 1 is 1.21 bits per heavy atom. The molecule has 1 saturated carbocycles. The van der Waals surface area contributed by atoms with Gasteiger partial charge in [-0.2, -0.15) is 18.3 Å². The number of rotatable bonds is 3. The van der Waals surface area contributed by atoms with Gasteiger partial charge in [0, 0.05) is 36.7 Å². The summed E-state index contributed by atoms with van der Waals surface area (Å²) in [5, 5.41) is 3.72. The maximum Gasteiger partial charge on any atom is 0.435 e. The predicted octanol–water partition coefficient (Wildman–Crippen LogP) is 3.49. The molecule has 0 aromatic carbocycles. The zero-order chi connectivity index (χ0) is 19.6. The van der Waals surface area contributed by atoms with Crippen LogP contribution in [0.15, 0.2) is 12.3 Å². The highest BCUT2D eigenvalue weighted by Crippen LogP contribution is 2.45. The highest BCUT2D eigenvalue weighted by atomic mass is 19.4. The van der Waals surface area contributed by atoms with Gasteiger partial charge in [-0.05, 0) is 25.7 Å². The molecule has 0 spiro atoms. The number of hydrogen-bond donors (Lipinski definition) is 0. The zero-order valence-electron chi connectivity index (χ0n) is 15.4. The molecule has 1 aliphatic carbocycles. The first-order chi connectivity index (χ1) is 13.4. The van der Waals surface area contributed by atoms with Crippen molar-refractivity contribution in [3.05, 3.63) is 40.7 Å². The summed E-state index contributed by atoms with van der Waals surface area (Å²) >= 11 is 0. The molecule has 28 heavy (non-hydrogen) atoms. The number of carbonyl (C=O) groups is 1. The van der Waals surface area contributed by atoms with E-state index < -0.39 is 11.9 Å². The Hall–Kier alpha value is -2.45. The minimum atomic E-state index is -4.56. The van der Waals surface area contributed by atoms with Crippen molar-refractivity contribution in [3.8, 4) is 0 Å². The van der Waals surface area contributed by atoms with E-state index in [1.807, 2.05) is 6.92 Å². The lowest BCUT2D eigenvalue weighted by molar-refractivity contribution is -0.141. The lowest BCUT2D eigenvalue weighted by atomic mass is 9.98. The summed E-state index contributed by atoms with van der Waals surface area (Å²) in [6.07, 6.45) is 1.69. The maximum absolute atomic E-state index is 13.3. The normalized spacial score (nSPS) is 23.8. The van der Waals surface area contributed by atoms with Crippen LogP contribution in [0.2, 0.25) is 0 Å². The fraction of sp³-hybridized carbons (Fsp3) is 0.579. The zero-order valence-corrected chi connectivity index (χ0v) is 15.4. The topological polar surface area (TPSA) is 63.9 Å². The number of hydrogen-bond acceptors (Lipinski definition) is 4. The van der Waals surface area contributed by atoms with Crippen molar-refractivity contribution in [2.45, 2.75) is 69.8 Å². The van der Waals surface area contributed by atoms with Gasteiger partial charge in [0.05, 0.1) is 17.8 Å². The van der Waals surface area contributed by atoms with Crippen LogP contribution in [0.1, 0.15) is 78.0 Å². The number of amides is 1. The second-order valence-corrected chi connectivity index (χ2v) is 7.79. The number of aryl methyl sites for hydroxylation is 1. The lowest BCUT2D eigenvalue weighted by Crippen LogP contribution is -2.43. The number of nitrogens with zero attached hydrogens (tertiary/aromatic N) is 5. The van der Waals surface area contributed by atoms with E-state index in [2.05, 4.69) is 15.1 Å². The van der Waals surface area contributed by atoms with Crippen LogP contribution in [-0.2, 0) is 19.0 Å². The SMILES string of the molecule is CCc1ncc2c(n1)CC1CCC2N1C(=O)c1cc(C(F)(F)F)nn1C1CC1. The first kappa shape index (κ1) is 17.6. The average molecular weight is 391 g/mol. The second kappa shape index (κ2) is 6.02. The van der Waals surface area contributed by atoms with E-state index in [4.69, 9.17) is 0 Å². The number of aromatic nitrogens is 4. The van der Waals surface area contributed by atoms with E-state index in [-0.39, 0.29) is 29.7 Å². The van der Waals surface area contributed by atoms with E-state index in [0.717, 1.165) is 55.3 Å². The number of halogens is 3. The molecule has 2 aromatic rings. The fourth-order valence-corrected chi connectivity index (χ4v) is 4.42. The summed E-state index contributed by atoms with van der Waals surface area (Å²) in [5.41, 5.74) is 0.938. The Bertz CT molecular complexity index is 950. The first-order valence-electron chi connectivity index (χ1n) is 9.71. The van der Waals surface area contributed by atoms with Gasteiger partial charge in [-0.3, -0.25) is 9.48 Å². The molecule has 2 aliphatic heterocycles. The molecular weight excluding hydrogens is 371 g/mol. The Morgan fingerprint density at radius 2 is 1.96 bits per heavy atom. The van der Waals surface area contributed by atoms with Crippen molar-refractivity contribution in [1.82, 2.24) is 24.6 Å². The molecule has 2 fully saturated rings. The monoisotopic (exact) mass is 391 g/mol. The minimum Gasteiger partial charge on any atom is -0.327 e. The predicted molar refractivity (Wildman–Crippen MR) is 92.5 cm³/mol. The van der Waals surface area contributed by atoms with E-state index in [9.17, 15) is 18.0 Å². The van der Waals surface area contributed by atoms with Gasteiger partial charge in [-0.25, -0.2) is 9.97 Å². The van der Waals surface area contributed by atoms with Crippen molar-refractivity contribution in [2.75, 3.05) is 0 Å². The van der Waals surface area contributed by atoms with Gasteiger partial charge in [0.1, 0.15) is 11.5 Å². The van der Waals surface area contributed by atoms with E-state index >= 15 is 0 Å². The number of carbonyl (C=O) groups excluding carboxylic acids is 1. The van der Waals surface area contributed by atoms with Crippen molar-refractivity contribution in [2.24, 2.45) is 0 Å². The fourth-order valence-electron chi connectivity index (χ4n) is 4.42. The van der Waals surface area contributed by atoms with E-state index in [1.165, 1.54) is 4.68 Å². The Morgan fingerprint density at radius 3 is 2.64 bits per heavy atom. The van der Waals surface area contributed by atoms with Crippen LogP contribution in [0, 0.1) is 0 Å². The second-order valence-electron chi connectivity index (χ2n) is 7.79. The molecular formula is C19H20F3N5O. The molecule has 148 valence electrons. The molecule has 2 unspecified atom stereocenters. The number of fused-ring (bicyclic) bond motifs is 4. The third-order valence-corrected chi connectivity index (χ3v) is 5.93. The number of alkyl halides is 3. The molecule has 0 N–H and O–H groups in total. The summed E-state index contributed by atoms with van der Waals surface area (Å²) < 4.78 is 40.9. The Kier molecular flexibility index (Phi) is 3.79. The molecule has 6 nitrogen and oxygen atoms in total. The van der Waals surface area contributed by atoms with E-state index in [0.29, 0.717) is 6.42 Å². The van der Waals surface area contributed by atoms with Crippen molar-refractivity contribution in [1.29, 1.82) is 0 Å². The van der Waals surface area contributed by atoms with Gasteiger partial charge >= 0.3 is 6.18 Å². The van der Waals surface area contributed by atoms with Gasteiger partial charge in [0.2, 0.25) is 0 Å². The molecule has 5 rings (SSSR count). The smallest absolute Gasteiger partial charge is 0.327 e. The van der Waals surface area contributed by atoms with Crippen LogP contribution in [0.3, 0.4) is 0 Å². The van der Waals surface area contributed by atoms with Gasteiger partial charge in [0.25, 0.3) is 5.91 Å². The van der Waals surface area contributed by atoms with Gasteiger partial charge in [-0.1, -0.05) is 6.92 Å². The molecule has 1 amide bonds. The Labute approximate surface area is 159 Å². The quantitative estimate of drug-likeness (QED) is 0.804. The molecule has 2 bridgehead atoms. The van der Waals surface area contributed by atoms with Crippen LogP contribution < -0.4 is 0 Å². The summed E-state index contributed by atoms with van der Waals surface area (Å²) in [6.45, 7) is 1.99. The molecule has 9 heteroatoms. The van der Waals surface area contributed by atoms with Gasteiger partial charge < -0.3 is 4.90 Å². The summed E-state index contributed by atoms with van der Waals surface area (Å²) in [6, 6.07) is 0.581. The summed E-state index contributed by atoms with van der Waals surface area (Å²) in [5.74, 6) is 0.409. The van der Waals surface area contributed by atoms with Crippen molar-refractivity contribution >= 4 is 5.91 Å². The highest BCUT2D eigenvalue weighted by Gasteiger charge is 2.46. The molecule has 2 aromatic heterocycles. The van der Waals surface area contributed by atoms with Crippen LogP contribution in [-0.4, -0.2) is 36.6 Å².